The van der Waals surface area contributed by atoms with Crippen LogP contribution in [0.4, 0.5) is 11.6 Å². The highest BCUT2D eigenvalue weighted by Crippen LogP contribution is 2.22. The first-order valence-corrected chi connectivity index (χ1v) is 7.39. The van der Waals surface area contributed by atoms with Gasteiger partial charge in [0.1, 0.15) is 18.0 Å². The molecule has 0 aliphatic rings. The topological polar surface area (TPSA) is 75.9 Å². The minimum absolute atomic E-state index is 0.638. The third-order valence-corrected chi connectivity index (χ3v) is 3.72. The van der Waals surface area contributed by atoms with Crippen molar-refractivity contribution in [2.24, 2.45) is 5.84 Å². The number of hydrazine groups is 1. The van der Waals surface area contributed by atoms with Crippen LogP contribution in [-0.4, -0.2) is 16.5 Å². The van der Waals surface area contributed by atoms with E-state index in [1.54, 1.807) is 6.07 Å². The zero-order valence-corrected chi connectivity index (χ0v) is 13.2. The van der Waals surface area contributed by atoms with E-state index in [2.05, 4.69) is 20.7 Å². The van der Waals surface area contributed by atoms with Gasteiger partial charge in [-0.05, 0) is 30.5 Å². The lowest BCUT2D eigenvalue weighted by Crippen LogP contribution is -2.15. The monoisotopic (exact) mass is 325 g/mol. The van der Waals surface area contributed by atoms with Gasteiger partial charge in [0.2, 0.25) is 0 Å². The first kappa shape index (κ1) is 15.8. The van der Waals surface area contributed by atoms with Crippen molar-refractivity contribution >= 4 is 34.8 Å². The van der Waals surface area contributed by atoms with Crippen molar-refractivity contribution < 1.29 is 0 Å². The second-order valence-electron chi connectivity index (χ2n) is 4.46. The predicted molar refractivity (Wildman–Crippen MR) is 87.9 cm³/mol. The molecule has 1 aromatic carbocycles. The van der Waals surface area contributed by atoms with E-state index in [0.717, 1.165) is 29.8 Å². The van der Waals surface area contributed by atoms with Gasteiger partial charge >= 0.3 is 0 Å². The fraction of sp³-hybridized carbons (Fsp3) is 0.286. The highest BCUT2D eigenvalue weighted by Gasteiger charge is 2.08. The van der Waals surface area contributed by atoms with Crippen molar-refractivity contribution in [1.82, 2.24) is 9.97 Å². The number of nitrogens with one attached hydrogen (secondary N) is 2. The molecule has 21 heavy (non-hydrogen) atoms. The molecular weight excluding hydrogens is 309 g/mol. The largest absolute Gasteiger partial charge is 0.369 e. The minimum Gasteiger partial charge on any atom is -0.369 e. The summed E-state index contributed by atoms with van der Waals surface area (Å²) in [7, 11) is 0. The molecule has 112 valence electrons. The van der Waals surface area contributed by atoms with Gasteiger partial charge in [-0.25, -0.2) is 15.8 Å². The highest BCUT2D eigenvalue weighted by atomic mass is 35.5. The van der Waals surface area contributed by atoms with Gasteiger partial charge in [-0.2, -0.15) is 0 Å². The van der Waals surface area contributed by atoms with Gasteiger partial charge in [0.15, 0.2) is 0 Å². The number of halogens is 2. The zero-order chi connectivity index (χ0) is 15.2. The van der Waals surface area contributed by atoms with Crippen LogP contribution in [0, 0.1) is 0 Å². The Hall–Kier alpha value is -1.56. The Morgan fingerprint density at radius 3 is 2.62 bits per heavy atom. The molecule has 0 atom stereocenters. The summed E-state index contributed by atoms with van der Waals surface area (Å²) in [5.74, 6) is 6.87. The molecule has 0 bridgehead atoms. The van der Waals surface area contributed by atoms with Gasteiger partial charge in [0, 0.05) is 22.2 Å². The Bertz CT molecular complexity index is 618. The van der Waals surface area contributed by atoms with E-state index in [-0.39, 0.29) is 0 Å². The molecule has 1 aromatic heterocycles. The van der Waals surface area contributed by atoms with Gasteiger partial charge in [-0.1, -0.05) is 36.2 Å². The van der Waals surface area contributed by atoms with E-state index in [9.17, 15) is 0 Å². The zero-order valence-electron chi connectivity index (χ0n) is 11.7. The van der Waals surface area contributed by atoms with Gasteiger partial charge < -0.3 is 10.7 Å². The Balaban J connectivity index is 2.03. The number of hydrogen-bond acceptors (Lipinski definition) is 5. The van der Waals surface area contributed by atoms with E-state index in [1.807, 2.05) is 19.1 Å². The third-order valence-electron chi connectivity index (χ3n) is 3.14. The molecule has 0 saturated heterocycles. The van der Waals surface area contributed by atoms with Crippen molar-refractivity contribution in [3.8, 4) is 0 Å². The molecule has 0 radical (unpaired) electrons. The summed E-state index contributed by atoms with van der Waals surface area (Å²) in [5, 5.41) is 4.60. The maximum absolute atomic E-state index is 6.15. The lowest BCUT2D eigenvalue weighted by molar-refractivity contribution is 0.971. The average Bonchev–Trinajstić information content (AvgIpc) is 2.49. The van der Waals surface area contributed by atoms with Crippen LogP contribution < -0.4 is 16.6 Å². The Morgan fingerprint density at radius 2 is 1.95 bits per heavy atom. The molecule has 0 saturated carbocycles. The SMILES string of the molecule is CCc1c(NN)ncnc1NCCc1ccc(Cl)cc1Cl. The smallest absolute Gasteiger partial charge is 0.148 e. The van der Waals surface area contributed by atoms with Crippen molar-refractivity contribution in [1.29, 1.82) is 0 Å². The molecule has 2 rings (SSSR count). The van der Waals surface area contributed by atoms with Crippen LogP contribution in [0.1, 0.15) is 18.1 Å². The minimum atomic E-state index is 0.638. The molecule has 0 aliphatic carbocycles. The van der Waals surface area contributed by atoms with Crippen LogP contribution >= 0.6 is 23.2 Å². The van der Waals surface area contributed by atoms with E-state index in [1.165, 1.54) is 6.33 Å². The van der Waals surface area contributed by atoms with Crippen molar-refractivity contribution in [2.75, 3.05) is 17.3 Å². The number of benzene rings is 1. The third kappa shape index (κ3) is 3.97. The van der Waals surface area contributed by atoms with Gasteiger partial charge in [-0.3, -0.25) is 0 Å². The van der Waals surface area contributed by atoms with Crippen LogP contribution in [0.2, 0.25) is 10.0 Å². The Kier molecular flexibility index (Phi) is 5.61. The van der Waals surface area contributed by atoms with Crippen LogP contribution in [0.15, 0.2) is 24.5 Å². The van der Waals surface area contributed by atoms with Crippen molar-refractivity contribution in [2.45, 2.75) is 19.8 Å². The summed E-state index contributed by atoms with van der Waals surface area (Å²) in [6.45, 7) is 2.73. The molecular formula is C14H17Cl2N5. The molecule has 0 fully saturated rings. The number of rotatable bonds is 6. The molecule has 4 N–H and O–H groups in total. The van der Waals surface area contributed by atoms with Crippen LogP contribution in [-0.2, 0) is 12.8 Å². The molecule has 0 aliphatic heterocycles. The summed E-state index contributed by atoms with van der Waals surface area (Å²) in [6, 6.07) is 5.51. The Morgan fingerprint density at radius 1 is 1.19 bits per heavy atom. The molecule has 1 heterocycles. The standard InChI is InChI=1S/C14H17Cl2N5/c1-2-11-13(19-8-20-14(11)21-17)18-6-5-9-3-4-10(15)7-12(9)16/h3-4,7-8H,2,5-6,17H2,1H3,(H2,18,19,20,21). The second kappa shape index (κ2) is 7.45. The summed E-state index contributed by atoms with van der Waals surface area (Å²) in [5.41, 5.74) is 4.58. The second-order valence-corrected chi connectivity index (χ2v) is 5.30. The lowest BCUT2D eigenvalue weighted by Gasteiger charge is -2.13. The average molecular weight is 326 g/mol. The molecule has 5 nitrogen and oxygen atoms in total. The van der Waals surface area contributed by atoms with Gasteiger partial charge in [0.25, 0.3) is 0 Å². The fourth-order valence-electron chi connectivity index (χ4n) is 2.06. The first-order valence-electron chi connectivity index (χ1n) is 6.64. The van der Waals surface area contributed by atoms with Gasteiger partial charge in [-0.15, -0.1) is 0 Å². The highest BCUT2D eigenvalue weighted by molar-refractivity contribution is 6.35. The van der Waals surface area contributed by atoms with Gasteiger partial charge in [0.05, 0.1) is 0 Å². The number of aromatic nitrogens is 2. The van der Waals surface area contributed by atoms with E-state index < -0.39 is 0 Å². The fourth-order valence-corrected chi connectivity index (χ4v) is 2.57. The molecule has 7 heteroatoms. The normalized spacial score (nSPS) is 10.5. The molecule has 0 unspecified atom stereocenters. The molecule has 2 aromatic rings. The maximum Gasteiger partial charge on any atom is 0.148 e. The van der Waals surface area contributed by atoms with Crippen LogP contribution in [0.5, 0.6) is 0 Å². The quantitative estimate of drug-likeness (QED) is 0.561. The number of nitrogens with zero attached hydrogens (tertiary/aromatic N) is 2. The van der Waals surface area contributed by atoms with E-state index >= 15 is 0 Å². The number of nitrogens with two attached hydrogens (primary N) is 1. The van der Waals surface area contributed by atoms with Crippen LogP contribution in [0.25, 0.3) is 0 Å². The van der Waals surface area contributed by atoms with Crippen molar-refractivity contribution in [3.05, 3.63) is 45.7 Å². The molecule has 0 amide bonds. The maximum atomic E-state index is 6.15. The number of nitrogen functional groups attached to an aromatic ring is 1. The summed E-state index contributed by atoms with van der Waals surface area (Å²) >= 11 is 12.0. The van der Waals surface area contributed by atoms with E-state index in [4.69, 9.17) is 29.0 Å². The predicted octanol–water partition coefficient (Wildman–Crippen LogP) is 3.29. The lowest BCUT2D eigenvalue weighted by atomic mass is 10.1. The van der Waals surface area contributed by atoms with Crippen LogP contribution in [0.3, 0.4) is 0 Å². The number of anilines is 2. The first-order chi connectivity index (χ1) is 10.2. The van der Waals surface area contributed by atoms with E-state index in [0.29, 0.717) is 22.4 Å². The summed E-state index contributed by atoms with van der Waals surface area (Å²) in [6.07, 6.45) is 3.03. The number of hydrogen-bond donors (Lipinski definition) is 3. The summed E-state index contributed by atoms with van der Waals surface area (Å²) < 4.78 is 0. The Labute approximate surface area is 133 Å². The van der Waals surface area contributed by atoms with Crippen molar-refractivity contribution in [3.63, 3.8) is 0 Å². The molecule has 0 spiro atoms. The summed E-state index contributed by atoms with van der Waals surface area (Å²) in [4.78, 5) is 8.35.